The zero-order valence-electron chi connectivity index (χ0n) is 31.7. The Morgan fingerprint density at radius 2 is 0.690 bits per heavy atom. The molecule has 272 valence electrons. The van der Waals surface area contributed by atoms with Crippen LogP contribution in [0.4, 0.5) is 17.1 Å². The zero-order valence-corrected chi connectivity index (χ0v) is 31.7. The predicted molar refractivity (Wildman–Crippen MR) is 242 cm³/mol. The van der Waals surface area contributed by atoms with Crippen molar-refractivity contribution in [1.82, 2.24) is 4.57 Å². The van der Waals surface area contributed by atoms with Gasteiger partial charge in [-0.1, -0.05) is 146 Å². The first kappa shape index (κ1) is 34.6. The Hall–Kier alpha value is -7.93. The molecular formula is C55H37N3. The number of nitrogens with zero attached hydrogens (tertiary/aromatic N) is 3. The summed E-state index contributed by atoms with van der Waals surface area (Å²) >= 11 is 0. The van der Waals surface area contributed by atoms with Crippen molar-refractivity contribution in [2.45, 2.75) is 0 Å². The van der Waals surface area contributed by atoms with Crippen LogP contribution in [-0.4, -0.2) is 4.57 Å². The summed E-state index contributed by atoms with van der Waals surface area (Å²) in [5.74, 6) is 0. The summed E-state index contributed by atoms with van der Waals surface area (Å²) < 4.78 is 2.35. The van der Waals surface area contributed by atoms with Crippen LogP contribution >= 0.6 is 0 Å². The van der Waals surface area contributed by atoms with E-state index in [2.05, 4.69) is 216 Å². The van der Waals surface area contributed by atoms with Gasteiger partial charge in [0.05, 0.1) is 22.7 Å². The van der Waals surface area contributed by atoms with Crippen molar-refractivity contribution in [2.24, 2.45) is 0 Å². The molecule has 0 saturated carbocycles. The molecule has 3 nitrogen and oxygen atoms in total. The Labute approximate surface area is 338 Å². The molecule has 0 N–H and O–H groups in total. The molecule has 0 aliphatic heterocycles. The van der Waals surface area contributed by atoms with Gasteiger partial charge in [0, 0.05) is 33.5 Å². The van der Waals surface area contributed by atoms with Gasteiger partial charge >= 0.3 is 0 Å². The van der Waals surface area contributed by atoms with Crippen LogP contribution in [0.25, 0.3) is 72.0 Å². The third-order valence-corrected chi connectivity index (χ3v) is 11.1. The third kappa shape index (κ3) is 6.49. The van der Waals surface area contributed by atoms with Crippen LogP contribution in [0.5, 0.6) is 0 Å². The van der Waals surface area contributed by atoms with Crippen molar-refractivity contribution in [1.29, 1.82) is 5.26 Å². The molecule has 0 bridgehead atoms. The number of nitriles is 1. The quantitative estimate of drug-likeness (QED) is 0.155. The third-order valence-electron chi connectivity index (χ3n) is 11.1. The van der Waals surface area contributed by atoms with E-state index < -0.39 is 0 Å². The standard InChI is InChI=1S/C55H37N3/c56-38-39-17-19-41(20-18-39)42-21-29-48(30-22-42)57(50-33-27-45(28-34-50)47-12-8-11-46(37-47)40-9-2-1-3-10-40)49-31-23-43(24-32-49)44-25-35-51(36-26-44)58-54-15-6-4-13-52(54)53-14-5-7-16-55(53)58/h1-37H. The highest BCUT2D eigenvalue weighted by Crippen LogP contribution is 2.39. The molecule has 0 aliphatic carbocycles. The van der Waals surface area contributed by atoms with Gasteiger partial charge in [0.15, 0.2) is 0 Å². The van der Waals surface area contributed by atoms with Gasteiger partial charge in [-0.15, -0.1) is 0 Å². The molecule has 58 heavy (non-hydrogen) atoms. The van der Waals surface area contributed by atoms with Crippen LogP contribution in [-0.2, 0) is 0 Å². The molecule has 0 spiro atoms. The minimum Gasteiger partial charge on any atom is -0.311 e. The molecule has 0 amide bonds. The highest BCUT2D eigenvalue weighted by molar-refractivity contribution is 6.09. The summed E-state index contributed by atoms with van der Waals surface area (Å²) in [7, 11) is 0. The molecule has 0 radical (unpaired) electrons. The Balaban J connectivity index is 0.980. The van der Waals surface area contributed by atoms with Crippen LogP contribution in [0.1, 0.15) is 5.56 Å². The van der Waals surface area contributed by atoms with Crippen molar-refractivity contribution in [2.75, 3.05) is 4.90 Å². The smallest absolute Gasteiger partial charge is 0.0991 e. The highest BCUT2D eigenvalue weighted by atomic mass is 15.1. The average molecular weight is 740 g/mol. The Morgan fingerprint density at radius 1 is 0.328 bits per heavy atom. The molecule has 1 aromatic heterocycles. The second-order valence-electron chi connectivity index (χ2n) is 14.5. The Bertz CT molecular complexity index is 3010. The van der Waals surface area contributed by atoms with Gasteiger partial charge in [-0.2, -0.15) is 5.26 Å². The van der Waals surface area contributed by atoms with Crippen molar-refractivity contribution in [3.8, 4) is 56.3 Å². The lowest BCUT2D eigenvalue weighted by Gasteiger charge is -2.26. The van der Waals surface area contributed by atoms with Crippen molar-refractivity contribution in [3.63, 3.8) is 0 Å². The highest BCUT2D eigenvalue weighted by Gasteiger charge is 2.15. The lowest BCUT2D eigenvalue weighted by molar-refractivity contribution is 1.18. The van der Waals surface area contributed by atoms with E-state index >= 15 is 0 Å². The van der Waals surface area contributed by atoms with E-state index in [4.69, 9.17) is 0 Å². The van der Waals surface area contributed by atoms with Gasteiger partial charge in [0.25, 0.3) is 0 Å². The van der Waals surface area contributed by atoms with E-state index in [1.54, 1.807) is 0 Å². The molecule has 0 fully saturated rings. The van der Waals surface area contributed by atoms with E-state index in [9.17, 15) is 5.26 Å². The Kier molecular flexibility index (Phi) is 8.91. The molecule has 10 aromatic rings. The first-order chi connectivity index (χ1) is 28.7. The van der Waals surface area contributed by atoms with Gasteiger partial charge in [-0.3, -0.25) is 0 Å². The fourth-order valence-electron chi connectivity index (χ4n) is 8.11. The SMILES string of the molecule is N#Cc1ccc(-c2ccc(N(c3ccc(-c4ccc(-n5c6ccccc6c6ccccc65)cc4)cc3)c3ccc(-c4cccc(-c5ccccc5)c4)cc3)cc2)cc1. The molecule has 0 aliphatic rings. The molecule has 9 aromatic carbocycles. The van der Waals surface area contributed by atoms with Crippen LogP contribution in [0.15, 0.2) is 224 Å². The molecule has 0 atom stereocenters. The molecular weight excluding hydrogens is 703 g/mol. The van der Waals surface area contributed by atoms with Crippen molar-refractivity contribution >= 4 is 38.9 Å². The second-order valence-corrected chi connectivity index (χ2v) is 14.5. The van der Waals surface area contributed by atoms with Gasteiger partial charge in [0.1, 0.15) is 0 Å². The van der Waals surface area contributed by atoms with Crippen molar-refractivity contribution in [3.05, 3.63) is 230 Å². The van der Waals surface area contributed by atoms with E-state index in [1.807, 2.05) is 24.3 Å². The second kappa shape index (κ2) is 15.0. The fourth-order valence-corrected chi connectivity index (χ4v) is 8.11. The first-order valence-corrected chi connectivity index (χ1v) is 19.6. The Morgan fingerprint density at radius 3 is 1.16 bits per heavy atom. The number of aromatic nitrogens is 1. The maximum atomic E-state index is 9.29. The fraction of sp³-hybridized carbons (Fsp3) is 0. The number of fused-ring (bicyclic) bond motifs is 3. The number of benzene rings is 9. The minimum atomic E-state index is 0.657. The van der Waals surface area contributed by atoms with Crippen LogP contribution in [0.2, 0.25) is 0 Å². The zero-order chi connectivity index (χ0) is 38.8. The lowest BCUT2D eigenvalue weighted by Crippen LogP contribution is -2.09. The molecule has 0 saturated heterocycles. The maximum absolute atomic E-state index is 9.29. The number of rotatable bonds is 8. The van der Waals surface area contributed by atoms with Gasteiger partial charge in [-0.05, 0) is 123 Å². The van der Waals surface area contributed by atoms with Gasteiger partial charge in [0.2, 0.25) is 0 Å². The van der Waals surface area contributed by atoms with E-state index in [0.717, 1.165) is 50.6 Å². The van der Waals surface area contributed by atoms with E-state index in [-0.39, 0.29) is 0 Å². The molecule has 3 heteroatoms. The summed E-state index contributed by atoms with van der Waals surface area (Å²) in [5.41, 5.74) is 16.6. The monoisotopic (exact) mass is 739 g/mol. The number of hydrogen-bond acceptors (Lipinski definition) is 2. The van der Waals surface area contributed by atoms with Crippen LogP contribution in [0.3, 0.4) is 0 Å². The lowest BCUT2D eigenvalue weighted by atomic mass is 9.98. The molecule has 1 heterocycles. The van der Waals surface area contributed by atoms with E-state index in [0.29, 0.717) is 5.56 Å². The largest absolute Gasteiger partial charge is 0.311 e. The average Bonchev–Trinajstić information content (AvgIpc) is 3.65. The topological polar surface area (TPSA) is 32.0 Å². The summed E-state index contributed by atoms with van der Waals surface area (Å²) in [6.07, 6.45) is 0. The first-order valence-electron chi connectivity index (χ1n) is 19.6. The predicted octanol–water partition coefficient (Wildman–Crippen LogP) is 14.8. The van der Waals surface area contributed by atoms with Crippen molar-refractivity contribution < 1.29 is 0 Å². The molecule has 0 unspecified atom stereocenters. The van der Waals surface area contributed by atoms with Crippen LogP contribution < -0.4 is 4.90 Å². The summed E-state index contributed by atoms with van der Waals surface area (Å²) in [6, 6.07) is 81.7. The molecule has 10 rings (SSSR count). The summed E-state index contributed by atoms with van der Waals surface area (Å²) in [5, 5.41) is 11.8. The normalized spacial score (nSPS) is 11.1. The minimum absolute atomic E-state index is 0.657. The number of anilines is 3. The summed E-state index contributed by atoms with van der Waals surface area (Å²) in [6.45, 7) is 0. The summed E-state index contributed by atoms with van der Waals surface area (Å²) in [4.78, 5) is 2.31. The van der Waals surface area contributed by atoms with Gasteiger partial charge < -0.3 is 9.47 Å². The number of hydrogen-bond donors (Lipinski definition) is 0. The van der Waals surface area contributed by atoms with Crippen LogP contribution in [0, 0.1) is 11.3 Å². The number of para-hydroxylation sites is 2. The van der Waals surface area contributed by atoms with E-state index in [1.165, 1.54) is 38.5 Å². The van der Waals surface area contributed by atoms with Gasteiger partial charge in [-0.25, -0.2) is 0 Å². The maximum Gasteiger partial charge on any atom is 0.0991 e.